The molecule has 0 saturated carbocycles. The fraction of sp³-hybridized carbons (Fsp3) is 0.125. The van der Waals surface area contributed by atoms with Crippen molar-refractivity contribution in [3.63, 3.8) is 0 Å². The molecule has 11 heteroatoms. The maximum Gasteiger partial charge on any atom is 0.329 e. The molecule has 7 nitrogen and oxygen atoms in total. The van der Waals surface area contributed by atoms with Crippen molar-refractivity contribution in [3.05, 3.63) is 84.2 Å². The Hall–Kier alpha value is -2.59. The van der Waals surface area contributed by atoms with Gasteiger partial charge in [-0.1, -0.05) is 45.2 Å². The van der Waals surface area contributed by atoms with Gasteiger partial charge in [-0.15, -0.1) is 0 Å². The fourth-order valence-corrected chi connectivity index (χ4v) is 4.42. The SMILES string of the molecule is COc1cc(C=NNC(=O)C(=O)Nc2ccc(Br)cc2C)cc(Br)c1OCc1ccc(Cl)cc1Cl. The van der Waals surface area contributed by atoms with Crippen LogP contribution in [0.1, 0.15) is 16.7 Å². The second kappa shape index (κ2) is 12.4. The van der Waals surface area contributed by atoms with Crippen LogP contribution < -0.4 is 20.2 Å². The molecule has 0 aliphatic rings. The number of carbonyl (C=O) groups is 2. The van der Waals surface area contributed by atoms with Gasteiger partial charge in [0, 0.05) is 25.8 Å². The van der Waals surface area contributed by atoms with Crippen molar-refractivity contribution < 1.29 is 19.1 Å². The molecule has 0 aliphatic carbocycles. The van der Waals surface area contributed by atoms with E-state index in [2.05, 4.69) is 47.7 Å². The number of anilines is 1. The van der Waals surface area contributed by atoms with Gasteiger partial charge in [0.05, 0.1) is 17.8 Å². The first-order valence-electron chi connectivity index (χ1n) is 10.0. The number of methoxy groups -OCH3 is 1. The third kappa shape index (κ3) is 7.44. The molecule has 0 saturated heterocycles. The minimum atomic E-state index is -0.908. The Morgan fingerprint density at radius 2 is 1.83 bits per heavy atom. The monoisotopic (exact) mass is 641 g/mol. The average molecular weight is 644 g/mol. The molecule has 0 unspecified atom stereocenters. The number of hydrogen-bond donors (Lipinski definition) is 2. The lowest BCUT2D eigenvalue weighted by molar-refractivity contribution is -0.136. The van der Waals surface area contributed by atoms with Crippen LogP contribution in [0.3, 0.4) is 0 Å². The molecule has 0 aromatic heterocycles. The highest BCUT2D eigenvalue weighted by Gasteiger charge is 2.15. The molecule has 0 aliphatic heterocycles. The van der Waals surface area contributed by atoms with Gasteiger partial charge in [0.15, 0.2) is 11.5 Å². The minimum Gasteiger partial charge on any atom is -0.493 e. The van der Waals surface area contributed by atoms with E-state index in [1.807, 2.05) is 13.0 Å². The first-order valence-corrected chi connectivity index (χ1v) is 12.4. The summed E-state index contributed by atoms with van der Waals surface area (Å²) in [5.74, 6) is -0.852. The number of rotatable bonds is 7. The summed E-state index contributed by atoms with van der Waals surface area (Å²) in [4.78, 5) is 24.3. The van der Waals surface area contributed by atoms with Crippen LogP contribution in [-0.4, -0.2) is 25.1 Å². The number of hydrazone groups is 1. The highest BCUT2D eigenvalue weighted by molar-refractivity contribution is 9.10. The zero-order valence-electron chi connectivity index (χ0n) is 18.5. The summed E-state index contributed by atoms with van der Waals surface area (Å²) in [7, 11) is 1.50. The Bertz CT molecular complexity index is 1300. The summed E-state index contributed by atoms with van der Waals surface area (Å²) >= 11 is 19.0. The van der Waals surface area contributed by atoms with E-state index >= 15 is 0 Å². The summed E-state index contributed by atoms with van der Waals surface area (Å²) < 4.78 is 12.8. The largest absolute Gasteiger partial charge is 0.493 e. The van der Waals surface area contributed by atoms with Gasteiger partial charge in [-0.3, -0.25) is 9.59 Å². The van der Waals surface area contributed by atoms with Crippen LogP contribution in [-0.2, 0) is 16.2 Å². The number of aryl methyl sites for hydroxylation is 1. The molecule has 3 rings (SSSR count). The number of benzene rings is 3. The molecular weight excluding hydrogens is 625 g/mol. The van der Waals surface area contributed by atoms with Crippen molar-refractivity contribution in [3.8, 4) is 11.5 Å². The molecule has 2 amide bonds. The summed E-state index contributed by atoms with van der Waals surface area (Å²) in [5.41, 5.74) is 4.90. The Morgan fingerprint density at radius 3 is 2.51 bits per heavy atom. The minimum absolute atomic E-state index is 0.196. The summed E-state index contributed by atoms with van der Waals surface area (Å²) in [6, 6.07) is 13.8. The van der Waals surface area contributed by atoms with Gasteiger partial charge < -0.3 is 14.8 Å². The average Bonchev–Trinajstić information content (AvgIpc) is 2.80. The Kier molecular flexibility index (Phi) is 9.56. The molecule has 0 spiro atoms. The van der Waals surface area contributed by atoms with Gasteiger partial charge in [0.25, 0.3) is 0 Å². The normalized spacial score (nSPS) is 10.8. The molecule has 3 aromatic carbocycles. The van der Waals surface area contributed by atoms with Gasteiger partial charge in [-0.05, 0) is 76.4 Å². The van der Waals surface area contributed by atoms with Crippen molar-refractivity contribution >= 4 is 78.8 Å². The Morgan fingerprint density at radius 1 is 1.06 bits per heavy atom. The molecule has 0 radical (unpaired) electrons. The Labute approximate surface area is 229 Å². The van der Waals surface area contributed by atoms with E-state index in [1.54, 1.807) is 42.5 Å². The first-order chi connectivity index (χ1) is 16.7. The molecule has 2 N–H and O–H groups in total. The van der Waals surface area contributed by atoms with E-state index in [4.69, 9.17) is 32.7 Å². The third-order valence-corrected chi connectivity index (χ3v) is 6.33. The quantitative estimate of drug-likeness (QED) is 0.175. The summed E-state index contributed by atoms with van der Waals surface area (Å²) in [5, 5.41) is 7.44. The van der Waals surface area contributed by atoms with Crippen molar-refractivity contribution in [1.82, 2.24) is 5.43 Å². The van der Waals surface area contributed by atoms with Gasteiger partial charge in [0.1, 0.15) is 6.61 Å². The van der Waals surface area contributed by atoms with Crippen molar-refractivity contribution in [2.24, 2.45) is 5.10 Å². The predicted molar refractivity (Wildman–Crippen MR) is 145 cm³/mol. The number of nitrogens with one attached hydrogen (secondary N) is 2. The molecule has 0 bridgehead atoms. The molecule has 35 heavy (non-hydrogen) atoms. The topological polar surface area (TPSA) is 89.0 Å². The van der Waals surface area contributed by atoms with Gasteiger partial charge >= 0.3 is 11.8 Å². The molecule has 0 atom stereocenters. The van der Waals surface area contributed by atoms with E-state index in [-0.39, 0.29) is 6.61 Å². The number of hydrogen-bond acceptors (Lipinski definition) is 5. The number of halogens is 4. The smallest absolute Gasteiger partial charge is 0.329 e. The molecule has 0 fully saturated rings. The van der Waals surface area contributed by atoms with Gasteiger partial charge in [-0.2, -0.15) is 5.10 Å². The number of ether oxygens (including phenoxy) is 2. The van der Waals surface area contributed by atoms with Crippen LogP contribution in [0.25, 0.3) is 0 Å². The van der Waals surface area contributed by atoms with Gasteiger partial charge in [0.2, 0.25) is 0 Å². The maximum atomic E-state index is 12.2. The van der Waals surface area contributed by atoms with Crippen LogP contribution in [0.2, 0.25) is 10.0 Å². The lowest BCUT2D eigenvalue weighted by Crippen LogP contribution is -2.32. The predicted octanol–water partition coefficient (Wildman–Crippen LogP) is 6.50. The van der Waals surface area contributed by atoms with E-state index < -0.39 is 11.8 Å². The van der Waals surface area contributed by atoms with Crippen LogP contribution in [0.4, 0.5) is 5.69 Å². The van der Waals surface area contributed by atoms with Crippen LogP contribution >= 0.6 is 55.1 Å². The van der Waals surface area contributed by atoms with E-state index in [0.717, 1.165) is 15.6 Å². The highest BCUT2D eigenvalue weighted by atomic mass is 79.9. The van der Waals surface area contributed by atoms with Gasteiger partial charge in [-0.25, -0.2) is 5.43 Å². The lowest BCUT2D eigenvalue weighted by Gasteiger charge is -2.14. The first kappa shape index (κ1) is 27.0. The van der Waals surface area contributed by atoms with E-state index in [9.17, 15) is 9.59 Å². The van der Waals surface area contributed by atoms with Crippen LogP contribution in [0.15, 0.2) is 62.6 Å². The zero-order valence-corrected chi connectivity index (χ0v) is 23.2. The summed E-state index contributed by atoms with van der Waals surface area (Å²) in [6.45, 7) is 2.01. The number of amides is 2. The lowest BCUT2D eigenvalue weighted by atomic mass is 10.2. The second-order valence-corrected chi connectivity index (χ2v) is 9.78. The second-order valence-electron chi connectivity index (χ2n) is 7.17. The van der Waals surface area contributed by atoms with E-state index in [0.29, 0.717) is 37.3 Å². The maximum absolute atomic E-state index is 12.2. The third-order valence-electron chi connectivity index (χ3n) is 4.66. The Balaban J connectivity index is 1.64. The molecule has 182 valence electrons. The van der Waals surface area contributed by atoms with Crippen LogP contribution in [0, 0.1) is 6.92 Å². The van der Waals surface area contributed by atoms with E-state index in [1.165, 1.54) is 13.3 Å². The highest BCUT2D eigenvalue weighted by Crippen LogP contribution is 2.37. The molecule has 3 aromatic rings. The van der Waals surface area contributed by atoms with Crippen molar-refractivity contribution in [1.29, 1.82) is 0 Å². The van der Waals surface area contributed by atoms with Crippen molar-refractivity contribution in [2.45, 2.75) is 13.5 Å². The molecular formula is C24H19Br2Cl2N3O4. The number of carbonyl (C=O) groups excluding carboxylic acids is 2. The molecule has 0 heterocycles. The fourth-order valence-electron chi connectivity index (χ4n) is 2.91. The van der Waals surface area contributed by atoms with Crippen LogP contribution in [0.5, 0.6) is 11.5 Å². The number of nitrogens with zero attached hydrogens (tertiary/aromatic N) is 1. The van der Waals surface area contributed by atoms with Crippen molar-refractivity contribution in [2.75, 3.05) is 12.4 Å². The standard InChI is InChI=1S/C24H19Br2Cl2N3O4/c1-13-7-16(25)4-6-20(13)30-23(32)24(33)31-29-11-14-8-18(26)22(21(9-14)34-2)35-12-15-3-5-17(27)10-19(15)28/h3-11H,12H2,1-2H3,(H,30,32)(H,31,33). The summed E-state index contributed by atoms with van der Waals surface area (Å²) in [6.07, 6.45) is 1.38. The zero-order chi connectivity index (χ0) is 25.5.